The van der Waals surface area contributed by atoms with Crippen LogP contribution in [0.2, 0.25) is 0 Å². The first-order valence-electron chi connectivity index (χ1n) is 9.62. The minimum Gasteiger partial charge on any atom is -0.458 e. The van der Waals surface area contributed by atoms with Crippen molar-refractivity contribution < 1.29 is 19.1 Å². The number of rotatable bonds is 1. The zero-order valence-corrected chi connectivity index (χ0v) is 14.8. The third-order valence-electron chi connectivity index (χ3n) is 8.82. The molecular weight excluding hydrogens is 316 g/mol. The molecule has 0 N–H and O–H groups in total. The minimum atomic E-state index is -0.410. The summed E-state index contributed by atoms with van der Waals surface area (Å²) < 4.78 is 11.8. The van der Waals surface area contributed by atoms with Crippen LogP contribution in [0.15, 0.2) is 24.3 Å². The predicted octanol–water partition coefficient (Wildman–Crippen LogP) is 3.03. The van der Waals surface area contributed by atoms with E-state index in [9.17, 15) is 9.59 Å². The Bertz CT molecular complexity index is 783. The smallest absolute Gasteiger partial charge is 0.312 e. The molecule has 5 fully saturated rings. The molecule has 4 aliphatic carbocycles. The number of carbonyl (C=O) groups excluding carboxylic acids is 2. The van der Waals surface area contributed by atoms with Gasteiger partial charge in [0.05, 0.1) is 11.3 Å². The minimum absolute atomic E-state index is 0.0590. The van der Waals surface area contributed by atoms with E-state index >= 15 is 0 Å². The van der Waals surface area contributed by atoms with Gasteiger partial charge in [-0.2, -0.15) is 0 Å². The van der Waals surface area contributed by atoms with Crippen LogP contribution in [-0.4, -0.2) is 24.1 Å². The Morgan fingerprint density at radius 3 is 2.80 bits per heavy atom. The van der Waals surface area contributed by atoms with Gasteiger partial charge in [-0.15, -0.1) is 6.58 Å². The summed E-state index contributed by atoms with van der Waals surface area (Å²) in [5.74, 6) is 0.512. The van der Waals surface area contributed by atoms with Crippen LogP contribution in [0.1, 0.15) is 39.5 Å². The van der Waals surface area contributed by atoms with Crippen LogP contribution in [-0.2, 0) is 19.1 Å². The maximum absolute atomic E-state index is 12.8. The molecule has 6 aliphatic rings. The van der Waals surface area contributed by atoms with E-state index in [1.165, 1.54) is 5.57 Å². The van der Waals surface area contributed by atoms with E-state index in [2.05, 4.69) is 26.5 Å². The van der Waals surface area contributed by atoms with Crippen molar-refractivity contribution in [2.45, 2.75) is 51.7 Å². The molecule has 2 heterocycles. The number of carbonyl (C=O) groups is 2. The molecule has 132 valence electrons. The highest BCUT2D eigenvalue weighted by atomic mass is 16.6. The summed E-state index contributed by atoms with van der Waals surface area (Å²) in [5, 5.41) is 0. The molecule has 0 aromatic rings. The first-order chi connectivity index (χ1) is 11.9. The summed E-state index contributed by atoms with van der Waals surface area (Å²) in [6.45, 7) is 8.20. The maximum Gasteiger partial charge on any atom is 0.312 e. The molecule has 0 radical (unpaired) electrons. The number of ether oxygens (including phenoxy) is 2. The highest BCUT2D eigenvalue weighted by molar-refractivity contribution is 5.83. The van der Waals surface area contributed by atoms with E-state index in [1.54, 1.807) is 0 Å². The summed E-state index contributed by atoms with van der Waals surface area (Å²) in [6, 6.07) is 0. The highest BCUT2D eigenvalue weighted by Crippen LogP contribution is 2.80. The van der Waals surface area contributed by atoms with Crippen molar-refractivity contribution >= 4 is 11.9 Å². The second kappa shape index (κ2) is 3.89. The fourth-order valence-electron chi connectivity index (χ4n) is 7.52. The molecule has 2 aliphatic heterocycles. The van der Waals surface area contributed by atoms with E-state index in [0.717, 1.165) is 25.7 Å². The molecule has 4 nitrogen and oxygen atoms in total. The first kappa shape index (κ1) is 14.6. The number of esters is 2. The third kappa shape index (κ3) is 1.31. The lowest BCUT2D eigenvalue weighted by molar-refractivity contribution is -0.159. The molecule has 0 aromatic carbocycles. The highest BCUT2D eigenvalue weighted by Gasteiger charge is 2.81. The second-order valence-corrected chi connectivity index (χ2v) is 9.72. The van der Waals surface area contributed by atoms with E-state index in [4.69, 9.17) is 9.47 Å². The molecule has 2 saturated heterocycles. The maximum atomic E-state index is 12.8. The summed E-state index contributed by atoms with van der Waals surface area (Å²) in [6.07, 6.45) is 7.74. The average Bonchev–Trinajstić information content (AvgIpc) is 3.10. The quantitative estimate of drug-likeness (QED) is 0.544. The largest absolute Gasteiger partial charge is 0.458 e. The number of hydrogen-bond donors (Lipinski definition) is 0. The molecule has 4 heteroatoms. The van der Waals surface area contributed by atoms with Gasteiger partial charge >= 0.3 is 11.9 Å². The zero-order valence-electron chi connectivity index (χ0n) is 14.8. The topological polar surface area (TPSA) is 52.6 Å². The van der Waals surface area contributed by atoms with Gasteiger partial charge in [0.15, 0.2) is 0 Å². The lowest BCUT2D eigenvalue weighted by Gasteiger charge is -2.52. The van der Waals surface area contributed by atoms with Crippen LogP contribution < -0.4 is 0 Å². The zero-order chi connectivity index (χ0) is 17.4. The average molecular weight is 340 g/mol. The summed E-state index contributed by atoms with van der Waals surface area (Å²) in [4.78, 5) is 25.6. The SMILES string of the molecule is C=C[C@@]1(C)CC=C2[C@H]3[C@H](OC(=O)[C@H]31)[C@H]1OC(=O)[C@@]3(C)CC[C@H]4C[C@]24[C@@H]13. The van der Waals surface area contributed by atoms with Crippen molar-refractivity contribution in [3.8, 4) is 0 Å². The van der Waals surface area contributed by atoms with Gasteiger partial charge in [0.2, 0.25) is 0 Å². The lowest BCUT2D eigenvalue weighted by Crippen LogP contribution is -2.55. The molecule has 1 spiro atoms. The van der Waals surface area contributed by atoms with Gasteiger partial charge in [-0.25, -0.2) is 0 Å². The van der Waals surface area contributed by atoms with Gasteiger partial charge in [0, 0.05) is 22.7 Å². The third-order valence-corrected chi connectivity index (χ3v) is 8.82. The standard InChI is InChI=1S/C21H24O4/c1-4-19(2)7-6-11-12-13(19)17(22)24-14(12)15-16-20(3,18(23)25-15)8-5-10-9-21(10,11)16/h4,6,10,12-16H,1,5,7-9H2,2-3H3/t10-,12+,13-,14-,15+,16-,19-,20-,21+/m0/s1. The van der Waals surface area contributed by atoms with Crippen molar-refractivity contribution in [1.29, 1.82) is 0 Å². The van der Waals surface area contributed by atoms with Crippen molar-refractivity contribution in [3.05, 3.63) is 24.3 Å². The van der Waals surface area contributed by atoms with Crippen LogP contribution in [0.25, 0.3) is 0 Å². The Morgan fingerprint density at radius 1 is 1.24 bits per heavy atom. The summed E-state index contributed by atoms with van der Waals surface area (Å²) in [5.41, 5.74) is 0.824. The molecule has 0 bridgehead atoms. The van der Waals surface area contributed by atoms with Gasteiger partial charge in [0.1, 0.15) is 12.2 Å². The van der Waals surface area contributed by atoms with Crippen LogP contribution in [0.3, 0.4) is 0 Å². The number of allylic oxidation sites excluding steroid dienone is 2. The predicted molar refractivity (Wildman–Crippen MR) is 89.1 cm³/mol. The molecule has 0 unspecified atom stereocenters. The van der Waals surface area contributed by atoms with Gasteiger partial charge in [-0.3, -0.25) is 9.59 Å². The number of fused-ring (bicyclic) bond motifs is 1. The van der Waals surface area contributed by atoms with E-state index < -0.39 is 5.41 Å². The molecule has 9 atom stereocenters. The molecule has 6 rings (SSSR count). The van der Waals surface area contributed by atoms with Crippen molar-refractivity contribution in [3.63, 3.8) is 0 Å². The summed E-state index contributed by atoms with van der Waals surface area (Å²) in [7, 11) is 0. The van der Waals surface area contributed by atoms with E-state index in [1.807, 2.05) is 6.08 Å². The fraction of sp³-hybridized carbons (Fsp3) is 0.714. The molecule has 0 amide bonds. The van der Waals surface area contributed by atoms with Crippen molar-refractivity contribution in [1.82, 2.24) is 0 Å². The van der Waals surface area contributed by atoms with Crippen LogP contribution in [0.5, 0.6) is 0 Å². The van der Waals surface area contributed by atoms with Gasteiger partial charge in [-0.05, 0) is 38.5 Å². The second-order valence-electron chi connectivity index (χ2n) is 9.72. The van der Waals surface area contributed by atoms with Crippen molar-refractivity contribution in [2.24, 2.45) is 39.9 Å². The Kier molecular flexibility index (Phi) is 2.27. The lowest BCUT2D eigenvalue weighted by atomic mass is 9.49. The van der Waals surface area contributed by atoms with Crippen LogP contribution >= 0.6 is 0 Å². The Hall–Kier alpha value is -1.58. The fourth-order valence-corrected chi connectivity index (χ4v) is 7.52. The van der Waals surface area contributed by atoms with Crippen LogP contribution in [0, 0.1) is 39.9 Å². The molecule has 3 saturated carbocycles. The normalized spacial score (nSPS) is 59.8. The van der Waals surface area contributed by atoms with Gasteiger partial charge in [0.25, 0.3) is 0 Å². The van der Waals surface area contributed by atoms with Gasteiger partial charge < -0.3 is 9.47 Å². The molecular formula is C21H24O4. The molecule has 25 heavy (non-hydrogen) atoms. The van der Waals surface area contributed by atoms with Gasteiger partial charge in [-0.1, -0.05) is 24.6 Å². The first-order valence-corrected chi connectivity index (χ1v) is 9.62. The Morgan fingerprint density at radius 2 is 2.04 bits per heavy atom. The monoisotopic (exact) mass is 340 g/mol. The van der Waals surface area contributed by atoms with E-state index in [0.29, 0.717) is 5.92 Å². The van der Waals surface area contributed by atoms with Crippen LogP contribution in [0.4, 0.5) is 0 Å². The van der Waals surface area contributed by atoms with E-state index in [-0.39, 0.29) is 52.7 Å². The Balaban J connectivity index is 1.58. The van der Waals surface area contributed by atoms with Crippen molar-refractivity contribution in [2.75, 3.05) is 0 Å². The summed E-state index contributed by atoms with van der Waals surface area (Å²) >= 11 is 0. The molecule has 0 aromatic heterocycles. The Labute approximate surface area is 147 Å². The number of hydrogen-bond acceptors (Lipinski definition) is 4.